The summed E-state index contributed by atoms with van der Waals surface area (Å²) in [6.07, 6.45) is 2.72. The van der Waals surface area contributed by atoms with Gasteiger partial charge in [0.25, 0.3) is 0 Å². The minimum absolute atomic E-state index is 0.0141. The molecule has 1 fully saturated rings. The number of ether oxygens (including phenoxy) is 1. The number of hydrogen-bond acceptors (Lipinski definition) is 3. The average molecular weight is 268 g/mol. The molecular weight excluding hydrogens is 244 g/mol. The predicted octanol–water partition coefficient (Wildman–Crippen LogP) is 1.83. The second-order valence-corrected chi connectivity index (χ2v) is 5.88. The van der Waals surface area contributed by atoms with Crippen molar-refractivity contribution in [2.45, 2.75) is 34.1 Å². The summed E-state index contributed by atoms with van der Waals surface area (Å²) in [5, 5.41) is 2.45. The summed E-state index contributed by atoms with van der Waals surface area (Å²) < 4.78 is 5.23. The number of rotatable bonds is 6. The smallest absolute Gasteiger partial charge is 0.312 e. The number of amides is 2. The number of nitrogens with two attached hydrogens (primary N) is 1. The Morgan fingerprint density at radius 2 is 2.00 bits per heavy atom. The Morgan fingerprint density at radius 1 is 1.37 bits per heavy atom. The summed E-state index contributed by atoms with van der Waals surface area (Å²) in [6, 6.07) is -0.557. The van der Waals surface area contributed by atoms with Gasteiger partial charge in [0.2, 0.25) is 0 Å². The third-order valence-corrected chi connectivity index (χ3v) is 3.54. The third-order valence-electron chi connectivity index (χ3n) is 3.54. The molecular formula is C14H24N2O3. The van der Waals surface area contributed by atoms with Crippen molar-refractivity contribution in [1.82, 2.24) is 5.32 Å². The Morgan fingerprint density at radius 3 is 2.53 bits per heavy atom. The quantitative estimate of drug-likeness (QED) is 0.438. The molecule has 0 bridgehead atoms. The third kappa shape index (κ3) is 4.26. The molecule has 0 aromatic heterocycles. The standard InChI is InChI=1S/C14H24N2O3/c1-9(2)8-10-11(14(10,3)4)12(17)19-7-5-6-16-13(15)18/h8,10-11H,5-7H2,1-4H3,(H3,15,16,18)/t10-,11+/m1/s1. The first kappa shape index (κ1) is 15.5. The minimum atomic E-state index is -0.557. The van der Waals surface area contributed by atoms with Gasteiger partial charge >= 0.3 is 12.0 Å². The van der Waals surface area contributed by atoms with Crippen molar-refractivity contribution >= 4 is 12.0 Å². The fraction of sp³-hybridized carbons (Fsp3) is 0.714. The van der Waals surface area contributed by atoms with Crippen LogP contribution in [0.1, 0.15) is 34.1 Å². The van der Waals surface area contributed by atoms with E-state index in [4.69, 9.17) is 10.5 Å². The first-order valence-corrected chi connectivity index (χ1v) is 6.61. The van der Waals surface area contributed by atoms with Gasteiger partial charge in [-0.25, -0.2) is 4.79 Å². The molecule has 19 heavy (non-hydrogen) atoms. The number of carbonyl (C=O) groups excluding carboxylic acids is 2. The molecule has 2 atom stereocenters. The molecule has 0 saturated heterocycles. The van der Waals surface area contributed by atoms with Gasteiger partial charge in [0.05, 0.1) is 12.5 Å². The largest absolute Gasteiger partial charge is 0.465 e. The van der Waals surface area contributed by atoms with Gasteiger partial charge in [0.1, 0.15) is 0 Å². The molecule has 0 aromatic carbocycles. The van der Waals surface area contributed by atoms with Crippen LogP contribution in [0.15, 0.2) is 11.6 Å². The van der Waals surface area contributed by atoms with E-state index >= 15 is 0 Å². The highest BCUT2D eigenvalue weighted by Crippen LogP contribution is 2.59. The molecule has 3 N–H and O–H groups in total. The van der Waals surface area contributed by atoms with E-state index in [9.17, 15) is 9.59 Å². The maximum absolute atomic E-state index is 11.9. The van der Waals surface area contributed by atoms with Gasteiger partial charge in [0, 0.05) is 6.54 Å². The minimum Gasteiger partial charge on any atom is -0.465 e. The lowest BCUT2D eigenvalue weighted by Crippen LogP contribution is -2.30. The molecule has 0 radical (unpaired) electrons. The van der Waals surface area contributed by atoms with Crippen LogP contribution in [-0.4, -0.2) is 25.2 Å². The van der Waals surface area contributed by atoms with E-state index in [0.717, 1.165) is 0 Å². The second-order valence-electron chi connectivity index (χ2n) is 5.88. The number of primary amides is 1. The topological polar surface area (TPSA) is 81.4 Å². The number of carbonyl (C=O) groups is 2. The predicted molar refractivity (Wildman–Crippen MR) is 73.4 cm³/mol. The van der Waals surface area contributed by atoms with Crippen molar-refractivity contribution in [1.29, 1.82) is 0 Å². The summed E-state index contributed by atoms with van der Waals surface area (Å²) in [4.78, 5) is 22.4. The van der Waals surface area contributed by atoms with E-state index < -0.39 is 6.03 Å². The molecule has 5 heteroatoms. The Labute approximate surface area is 114 Å². The van der Waals surface area contributed by atoms with Gasteiger partial charge in [-0.1, -0.05) is 25.5 Å². The van der Waals surface area contributed by atoms with E-state index in [1.54, 1.807) is 0 Å². The molecule has 0 spiro atoms. The van der Waals surface area contributed by atoms with Crippen LogP contribution in [0.5, 0.6) is 0 Å². The number of urea groups is 1. The zero-order valence-electron chi connectivity index (χ0n) is 12.2. The first-order valence-electron chi connectivity index (χ1n) is 6.61. The fourth-order valence-electron chi connectivity index (χ4n) is 2.34. The first-order chi connectivity index (χ1) is 8.76. The summed E-state index contributed by atoms with van der Waals surface area (Å²) >= 11 is 0. The zero-order valence-corrected chi connectivity index (χ0v) is 12.2. The van der Waals surface area contributed by atoms with E-state index in [2.05, 4.69) is 25.2 Å². The molecule has 0 unspecified atom stereocenters. The van der Waals surface area contributed by atoms with E-state index in [0.29, 0.717) is 19.6 Å². The van der Waals surface area contributed by atoms with E-state index in [1.165, 1.54) is 5.57 Å². The summed E-state index contributed by atoms with van der Waals surface area (Å²) in [6.45, 7) is 8.97. The van der Waals surface area contributed by atoms with Crippen LogP contribution in [0.2, 0.25) is 0 Å². The van der Waals surface area contributed by atoms with Crippen LogP contribution in [0, 0.1) is 17.3 Å². The number of allylic oxidation sites excluding steroid dienone is 2. The van der Waals surface area contributed by atoms with E-state index in [-0.39, 0.29) is 23.2 Å². The van der Waals surface area contributed by atoms with Crippen molar-refractivity contribution in [2.24, 2.45) is 23.0 Å². The van der Waals surface area contributed by atoms with Gasteiger partial charge in [-0.3, -0.25) is 4.79 Å². The summed E-state index contributed by atoms with van der Waals surface area (Å²) in [5.74, 6) is 0.0758. The Hall–Kier alpha value is -1.52. The summed E-state index contributed by atoms with van der Waals surface area (Å²) in [5.41, 5.74) is 6.14. The van der Waals surface area contributed by atoms with Crippen molar-refractivity contribution in [2.75, 3.05) is 13.2 Å². The molecule has 2 amide bonds. The fourth-order valence-corrected chi connectivity index (χ4v) is 2.34. The highest BCUT2D eigenvalue weighted by molar-refractivity contribution is 5.78. The van der Waals surface area contributed by atoms with Crippen LogP contribution in [-0.2, 0) is 9.53 Å². The molecule has 1 rings (SSSR count). The molecule has 1 aliphatic rings. The number of esters is 1. The van der Waals surface area contributed by atoms with Gasteiger partial charge in [0.15, 0.2) is 0 Å². The maximum atomic E-state index is 11.9. The van der Waals surface area contributed by atoms with Crippen molar-refractivity contribution < 1.29 is 14.3 Å². The Bertz CT molecular complexity index is 384. The van der Waals surface area contributed by atoms with Crippen LogP contribution in [0.4, 0.5) is 4.79 Å². The molecule has 5 nitrogen and oxygen atoms in total. The Kier molecular flexibility index (Phi) is 4.97. The van der Waals surface area contributed by atoms with Crippen LogP contribution in [0.25, 0.3) is 0 Å². The number of nitrogens with one attached hydrogen (secondary N) is 1. The molecule has 108 valence electrons. The monoisotopic (exact) mass is 268 g/mol. The van der Waals surface area contributed by atoms with Gasteiger partial charge in [-0.2, -0.15) is 0 Å². The lowest BCUT2D eigenvalue weighted by molar-refractivity contribution is -0.146. The molecule has 0 aliphatic heterocycles. The molecule has 0 aromatic rings. The molecule has 0 heterocycles. The van der Waals surface area contributed by atoms with Gasteiger partial charge in [-0.05, 0) is 31.6 Å². The molecule has 1 saturated carbocycles. The van der Waals surface area contributed by atoms with Crippen LogP contribution >= 0.6 is 0 Å². The zero-order chi connectivity index (χ0) is 14.6. The maximum Gasteiger partial charge on any atom is 0.312 e. The highest BCUT2D eigenvalue weighted by Gasteiger charge is 2.61. The SMILES string of the molecule is CC(C)=C[C@@H]1[C@@H](C(=O)OCCCNC(N)=O)C1(C)C. The second kappa shape index (κ2) is 6.08. The lowest BCUT2D eigenvalue weighted by atomic mass is 10.1. The van der Waals surface area contributed by atoms with Crippen LogP contribution in [0.3, 0.4) is 0 Å². The van der Waals surface area contributed by atoms with Crippen molar-refractivity contribution in [3.63, 3.8) is 0 Å². The van der Waals surface area contributed by atoms with Crippen molar-refractivity contribution in [3.05, 3.63) is 11.6 Å². The van der Waals surface area contributed by atoms with Gasteiger partial charge in [-0.15, -0.1) is 0 Å². The lowest BCUT2D eigenvalue weighted by Gasteiger charge is -2.05. The van der Waals surface area contributed by atoms with Crippen molar-refractivity contribution in [3.8, 4) is 0 Å². The van der Waals surface area contributed by atoms with Gasteiger partial charge < -0.3 is 15.8 Å². The number of hydrogen-bond donors (Lipinski definition) is 2. The average Bonchev–Trinajstić information content (AvgIpc) is 2.78. The molecule has 1 aliphatic carbocycles. The van der Waals surface area contributed by atoms with E-state index in [1.807, 2.05) is 13.8 Å². The normalized spacial score (nSPS) is 23.4. The summed E-state index contributed by atoms with van der Waals surface area (Å²) in [7, 11) is 0. The Balaban J connectivity index is 2.31. The highest BCUT2D eigenvalue weighted by atomic mass is 16.5. The van der Waals surface area contributed by atoms with Crippen LogP contribution < -0.4 is 11.1 Å².